The van der Waals surface area contributed by atoms with Crippen LogP contribution in [0.3, 0.4) is 0 Å². The summed E-state index contributed by atoms with van der Waals surface area (Å²) in [5.41, 5.74) is 0.582. The largest absolute Gasteiger partial charge is 0.461 e. The number of rotatable bonds is 4. The third kappa shape index (κ3) is 3.12. The van der Waals surface area contributed by atoms with E-state index in [1.54, 1.807) is 13.0 Å². The van der Waals surface area contributed by atoms with Crippen molar-refractivity contribution in [1.82, 2.24) is 9.97 Å². The van der Waals surface area contributed by atoms with Crippen molar-refractivity contribution in [3.63, 3.8) is 0 Å². The zero-order chi connectivity index (χ0) is 13.8. The SMILES string of the molecule is CCOC(=O)c1cnc(Cc2c(F)cccc2Cl)[nH]1. The van der Waals surface area contributed by atoms with E-state index in [1.165, 1.54) is 18.3 Å². The van der Waals surface area contributed by atoms with Crippen LogP contribution in [0.5, 0.6) is 0 Å². The maximum absolute atomic E-state index is 13.6. The maximum Gasteiger partial charge on any atom is 0.356 e. The second-order valence-electron chi connectivity index (χ2n) is 3.84. The minimum atomic E-state index is -0.485. The van der Waals surface area contributed by atoms with Crippen molar-refractivity contribution >= 4 is 17.6 Å². The van der Waals surface area contributed by atoms with Crippen LogP contribution >= 0.6 is 11.6 Å². The molecule has 1 aromatic carbocycles. The molecule has 0 saturated heterocycles. The molecule has 4 nitrogen and oxygen atoms in total. The van der Waals surface area contributed by atoms with Gasteiger partial charge < -0.3 is 9.72 Å². The Morgan fingerprint density at radius 1 is 1.53 bits per heavy atom. The molecule has 0 aliphatic carbocycles. The minimum Gasteiger partial charge on any atom is -0.461 e. The Morgan fingerprint density at radius 2 is 2.32 bits per heavy atom. The molecule has 0 bridgehead atoms. The molecule has 100 valence electrons. The van der Waals surface area contributed by atoms with Gasteiger partial charge in [0.15, 0.2) is 0 Å². The fourth-order valence-electron chi connectivity index (χ4n) is 1.63. The standard InChI is InChI=1S/C13H12ClFN2O2/c1-2-19-13(18)11-7-16-12(17-11)6-8-9(14)4-3-5-10(8)15/h3-5,7H,2,6H2,1H3,(H,16,17). The topological polar surface area (TPSA) is 55.0 Å². The second kappa shape index (κ2) is 5.84. The predicted molar refractivity (Wildman–Crippen MR) is 68.8 cm³/mol. The number of aromatic amines is 1. The summed E-state index contributed by atoms with van der Waals surface area (Å²) in [5, 5.41) is 0.328. The summed E-state index contributed by atoms with van der Waals surface area (Å²) in [6.45, 7) is 2.00. The van der Waals surface area contributed by atoms with Gasteiger partial charge in [0.25, 0.3) is 0 Å². The molecule has 0 amide bonds. The van der Waals surface area contributed by atoms with E-state index in [0.717, 1.165) is 0 Å². The Morgan fingerprint density at radius 3 is 3.00 bits per heavy atom. The number of aromatic nitrogens is 2. The van der Waals surface area contributed by atoms with Gasteiger partial charge in [0.1, 0.15) is 17.3 Å². The number of carbonyl (C=O) groups excluding carboxylic acids is 1. The molecule has 0 unspecified atom stereocenters. The average molecular weight is 283 g/mol. The monoisotopic (exact) mass is 282 g/mol. The van der Waals surface area contributed by atoms with Gasteiger partial charge >= 0.3 is 5.97 Å². The Kier molecular flexibility index (Phi) is 4.16. The second-order valence-corrected chi connectivity index (χ2v) is 4.25. The molecule has 0 spiro atoms. The highest BCUT2D eigenvalue weighted by molar-refractivity contribution is 6.31. The lowest BCUT2D eigenvalue weighted by Crippen LogP contribution is -2.05. The van der Waals surface area contributed by atoms with E-state index in [9.17, 15) is 9.18 Å². The van der Waals surface area contributed by atoms with Crippen molar-refractivity contribution in [2.45, 2.75) is 13.3 Å². The lowest BCUT2D eigenvalue weighted by molar-refractivity contribution is 0.0520. The highest BCUT2D eigenvalue weighted by Crippen LogP contribution is 2.21. The number of imidazole rings is 1. The number of nitrogens with one attached hydrogen (secondary N) is 1. The van der Waals surface area contributed by atoms with E-state index in [0.29, 0.717) is 16.4 Å². The van der Waals surface area contributed by atoms with Gasteiger partial charge in [-0.05, 0) is 19.1 Å². The number of hydrogen-bond donors (Lipinski definition) is 1. The van der Waals surface area contributed by atoms with Gasteiger partial charge in [-0.2, -0.15) is 0 Å². The van der Waals surface area contributed by atoms with Gasteiger partial charge in [0.05, 0.1) is 12.8 Å². The molecule has 2 rings (SSSR count). The van der Waals surface area contributed by atoms with Gasteiger partial charge in [0.2, 0.25) is 0 Å². The quantitative estimate of drug-likeness (QED) is 0.877. The molecule has 0 aliphatic rings. The van der Waals surface area contributed by atoms with E-state index < -0.39 is 11.8 Å². The number of ether oxygens (including phenoxy) is 1. The van der Waals surface area contributed by atoms with Crippen LogP contribution < -0.4 is 0 Å². The predicted octanol–water partition coefficient (Wildman–Crippen LogP) is 2.97. The Balaban J connectivity index is 2.18. The van der Waals surface area contributed by atoms with Crippen LogP contribution in [-0.2, 0) is 11.2 Å². The van der Waals surface area contributed by atoms with E-state index in [2.05, 4.69) is 9.97 Å². The lowest BCUT2D eigenvalue weighted by atomic mass is 10.1. The first kappa shape index (κ1) is 13.5. The maximum atomic E-state index is 13.6. The number of H-pyrrole nitrogens is 1. The summed E-state index contributed by atoms with van der Waals surface area (Å²) in [5.74, 6) is -0.433. The molecule has 19 heavy (non-hydrogen) atoms. The summed E-state index contributed by atoms with van der Waals surface area (Å²) in [7, 11) is 0. The summed E-state index contributed by atoms with van der Waals surface area (Å²) in [6, 6.07) is 4.47. The third-order valence-electron chi connectivity index (χ3n) is 2.53. The minimum absolute atomic E-state index is 0.185. The van der Waals surface area contributed by atoms with Crippen LogP contribution in [0, 0.1) is 5.82 Å². The molecule has 0 saturated carbocycles. The van der Waals surface area contributed by atoms with Crippen LogP contribution in [0.2, 0.25) is 5.02 Å². The molecule has 0 atom stereocenters. The van der Waals surface area contributed by atoms with Crippen LogP contribution in [-0.4, -0.2) is 22.5 Å². The Hall–Kier alpha value is -1.88. The number of benzene rings is 1. The van der Waals surface area contributed by atoms with Crippen molar-refractivity contribution in [2.75, 3.05) is 6.61 Å². The first-order chi connectivity index (χ1) is 9.11. The van der Waals surface area contributed by atoms with Gasteiger partial charge in [-0.3, -0.25) is 0 Å². The van der Waals surface area contributed by atoms with Gasteiger partial charge in [-0.15, -0.1) is 0 Å². The Bertz CT molecular complexity index is 578. The Labute approximate surface area is 114 Å². The molecule has 0 radical (unpaired) electrons. The number of halogens is 2. The van der Waals surface area contributed by atoms with E-state index in [4.69, 9.17) is 16.3 Å². The van der Waals surface area contributed by atoms with Crippen LogP contribution in [0.4, 0.5) is 4.39 Å². The molecule has 0 fully saturated rings. The molecule has 1 aromatic heterocycles. The van der Waals surface area contributed by atoms with Gasteiger partial charge in [-0.1, -0.05) is 17.7 Å². The van der Waals surface area contributed by atoms with Gasteiger partial charge in [-0.25, -0.2) is 14.2 Å². The number of esters is 1. The zero-order valence-corrected chi connectivity index (χ0v) is 11.0. The summed E-state index contributed by atoms with van der Waals surface area (Å²) >= 11 is 5.93. The van der Waals surface area contributed by atoms with Crippen LogP contribution in [0.1, 0.15) is 28.8 Å². The molecule has 1 N–H and O–H groups in total. The van der Waals surface area contributed by atoms with E-state index >= 15 is 0 Å². The summed E-state index contributed by atoms with van der Waals surface area (Å²) in [4.78, 5) is 18.3. The molecule has 0 aliphatic heterocycles. The average Bonchev–Trinajstić information content (AvgIpc) is 2.83. The summed E-state index contributed by atoms with van der Waals surface area (Å²) < 4.78 is 18.4. The number of hydrogen-bond acceptors (Lipinski definition) is 3. The van der Waals surface area contributed by atoms with Crippen molar-refractivity contribution in [1.29, 1.82) is 0 Å². The number of nitrogens with zero attached hydrogens (tertiary/aromatic N) is 1. The van der Waals surface area contributed by atoms with Crippen molar-refractivity contribution < 1.29 is 13.9 Å². The molecular weight excluding hydrogens is 271 g/mol. The molecule has 6 heteroatoms. The first-order valence-corrected chi connectivity index (χ1v) is 6.13. The zero-order valence-electron chi connectivity index (χ0n) is 10.2. The van der Waals surface area contributed by atoms with Crippen molar-refractivity contribution in [3.8, 4) is 0 Å². The third-order valence-corrected chi connectivity index (χ3v) is 2.88. The highest BCUT2D eigenvalue weighted by atomic mass is 35.5. The van der Waals surface area contributed by atoms with E-state index in [1.807, 2.05) is 0 Å². The molecule has 2 aromatic rings. The van der Waals surface area contributed by atoms with Gasteiger partial charge in [0, 0.05) is 17.0 Å². The van der Waals surface area contributed by atoms with Crippen molar-refractivity contribution in [2.24, 2.45) is 0 Å². The number of carbonyl (C=O) groups is 1. The molecular formula is C13H12ClFN2O2. The molecule has 1 heterocycles. The normalized spacial score (nSPS) is 10.5. The van der Waals surface area contributed by atoms with E-state index in [-0.39, 0.29) is 18.7 Å². The van der Waals surface area contributed by atoms with Crippen molar-refractivity contribution in [3.05, 3.63) is 52.3 Å². The first-order valence-electron chi connectivity index (χ1n) is 5.75. The highest BCUT2D eigenvalue weighted by Gasteiger charge is 2.13. The smallest absolute Gasteiger partial charge is 0.356 e. The van der Waals surface area contributed by atoms with Crippen LogP contribution in [0.25, 0.3) is 0 Å². The lowest BCUT2D eigenvalue weighted by Gasteiger charge is -2.03. The van der Waals surface area contributed by atoms with Crippen LogP contribution in [0.15, 0.2) is 24.4 Å². The fraction of sp³-hybridized carbons (Fsp3) is 0.231. The summed E-state index contributed by atoms with van der Waals surface area (Å²) in [6.07, 6.45) is 1.55. The fourth-order valence-corrected chi connectivity index (χ4v) is 1.86.